The van der Waals surface area contributed by atoms with Crippen LogP contribution in [0.15, 0.2) is 11.4 Å². The van der Waals surface area contributed by atoms with Crippen molar-refractivity contribution < 1.29 is 13.2 Å². The van der Waals surface area contributed by atoms with Crippen LogP contribution in [0.25, 0.3) is 0 Å². The number of amides is 1. The Labute approximate surface area is 148 Å². The lowest BCUT2D eigenvalue weighted by Crippen LogP contribution is -2.18. The third-order valence-electron chi connectivity index (χ3n) is 2.84. The fraction of sp³-hybridized carbons (Fsp3) is 0.462. The van der Waals surface area contributed by atoms with Crippen molar-refractivity contribution >= 4 is 43.8 Å². The summed E-state index contributed by atoms with van der Waals surface area (Å²) in [6.45, 7) is 5.64. The molecule has 0 atom stereocenters. The largest absolute Gasteiger partial charge is 0.295 e. The number of rotatable bonds is 6. The quantitative estimate of drug-likeness (QED) is 0.754. The Morgan fingerprint density at radius 3 is 2.67 bits per heavy atom. The van der Waals surface area contributed by atoms with E-state index in [1.165, 1.54) is 11.3 Å². The van der Waals surface area contributed by atoms with Crippen molar-refractivity contribution in [2.24, 2.45) is 0 Å². The highest BCUT2D eigenvalue weighted by molar-refractivity contribution is 7.91. The van der Waals surface area contributed by atoms with Crippen molar-refractivity contribution in [2.45, 2.75) is 38.3 Å². The zero-order valence-corrected chi connectivity index (χ0v) is 15.7. The second-order valence-corrected chi connectivity index (χ2v) is 8.64. The second kappa shape index (κ2) is 7.49. The molecule has 0 bridgehead atoms. The van der Waals surface area contributed by atoms with Gasteiger partial charge in [-0.2, -0.15) is 0 Å². The van der Waals surface area contributed by atoms with Gasteiger partial charge in [0.1, 0.15) is 5.01 Å². The number of hydrogen-bond donors (Lipinski definition) is 1. The zero-order chi connectivity index (χ0) is 17.9. The van der Waals surface area contributed by atoms with E-state index in [2.05, 4.69) is 25.5 Å². The molecular weight excluding hydrogens is 374 g/mol. The number of hydrogen-bond acceptors (Lipinski definition) is 8. The van der Waals surface area contributed by atoms with Crippen molar-refractivity contribution in [1.82, 2.24) is 20.2 Å². The molecular formula is C13H16ClN5O3S2. The Hall–Kier alpha value is -1.65. The maximum absolute atomic E-state index is 12.3. The van der Waals surface area contributed by atoms with Crippen LogP contribution in [0, 0.1) is 0 Å². The van der Waals surface area contributed by atoms with E-state index in [1.54, 1.807) is 6.92 Å². The minimum atomic E-state index is -3.65. The van der Waals surface area contributed by atoms with Gasteiger partial charge in [0, 0.05) is 5.92 Å². The summed E-state index contributed by atoms with van der Waals surface area (Å²) in [6, 6.07) is 0. The highest BCUT2D eigenvalue weighted by Crippen LogP contribution is 2.23. The Bertz CT molecular complexity index is 851. The van der Waals surface area contributed by atoms with Crippen LogP contribution < -0.4 is 5.32 Å². The van der Waals surface area contributed by atoms with E-state index in [0.717, 1.165) is 11.2 Å². The molecule has 0 aliphatic carbocycles. The van der Waals surface area contributed by atoms with Crippen molar-refractivity contribution in [3.8, 4) is 0 Å². The van der Waals surface area contributed by atoms with E-state index in [4.69, 9.17) is 11.6 Å². The molecule has 24 heavy (non-hydrogen) atoms. The lowest BCUT2D eigenvalue weighted by Gasteiger charge is -2.06. The minimum absolute atomic E-state index is 0.0449. The van der Waals surface area contributed by atoms with Gasteiger partial charge in [0.05, 0.1) is 17.0 Å². The molecule has 0 saturated heterocycles. The number of anilines is 1. The maximum atomic E-state index is 12.3. The van der Waals surface area contributed by atoms with Crippen LogP contribution in [-0.2, 0) is 9.84 Å². The number of carbonyl (C=O) groups is 1. The topological polar surface area (TPSA) is 115 Å². The lowest BCUT2D eigenvalue weighted by molar-refractivity contribution is 0.102. The molecule has 0 fully saturated rings. The third kappa shape index (κ3) is 4.25. The van der Waals surface area contributed by atoms with Gasteiger partial charge >= 0.3 is 0 Å². The van der Waals surface area contributed by atoms with Gasteiger partial charge in [0.25, 0.3) is 5.91 Å². The Morgan fingerprint density at radius 1 is 1.38 bits per heavy atom. The molecule has 0 saturated carbocycles. The molecule has 0 aromatic carbocycles. The van der Waals surface area contributed by atoms with E-state index >= 15 is 0 Å². The maximum Gasteiger partial charge on any atom is 0.277 e. The summed E-state index contributed by atoms with van der Waals surface area (Å²) in [5, 5.41) is 10.9. The molecule has 2 aromatic heterocycles. The molecule has 1 amide bonds. The van der Waals surface area contributed by atoms with Gasteiger partial charge in [-0.25, -0.2) is 18.4 Å². The van der Waals surface area contributed by atoms with Crippen LogP contribution in [0.2, 0.25) is 5.02 Å². The van der Waals surface area contributed by atoms with E-state index < -0.39 is 20.9 Å². The van der Waals surface area contributed by atoms with E-state index in [1.807, 2.05) is 13.8 Å². The van der Waals surface area contributed by atoms with Crippen molar-refractivity contribution in [1.29, 1.82) is 0 Å². The van der Waals surface area contributed by atoms with Gasteiger partial charge in [0.15, 0.2) is 5.69 Å². The van der Waals surface area contributed by atoms with Crippen LogP contribution in [0.5, 0.6) is 0 Å². The van der Waals surface area contributed by atoms with Crippen LogP contribution in [0.3, 0.4) is 0 Å². The van der Waals surface area contributed by atoms with Gasteiger partial charge in [-0.15, -0.1) is 10.2 Å². The van der Waals surface area contributed by atoms with E-state index in [-0.39, 0.29) is 27.5 Å². The molecule has 8 nitrogen and oxygen atoms in total. The zero-order valence-electron chi connectivity index (χ0n) is 13.3. The minimum Gasteiger partial charge on any atom is -0.295 e. The highest BCUT2D eigenvalue weighted by Gasteiger charge is 2.22. The highest BCUT2D eigenvalue weighted by atomic mass is 35.5. The van der Waals surface area contributed by atoms with Crippen LogP contribution in [0.1, 0.15) is 48.6 Å². The number of nitrogens with one attached hydrogen (secondary N) is 1. The summed E-state index contributed by atoms with van der Waals surface area (Å²) in [7, 11) is -3.65. The van der Waals surface area contributed by atoms with Crippen LogP contribution in [-0.4, -0.2) is 40.2 Å². The average molecular weight is 390 g/mol. The molecule has 0 aliphatic heterocycles. The third-order valence-corrected chi connectivity index (χ3v) is 5.96. The molecule has 0 spiro atoms. The van der Waals surface area contributed by atoms with Crippen molar-refractivity contribution in [3.05, 3.63) is 21.9 Å². The number of nitrogens with zero attached hydrogens (tertiary/aromatic N) is 4. The van der Waals surface area contributed by atoms with Gasteiger partial charge in [-0.3, -0.25) is 10.1 Å². The summed E-state index contributed by atoms with van der Waals surface area (Å²) in [5.74, 6) is -0.590. The number of sulfone groups is 1. The molecule has 11 heteroatoms. The number of carbonyl (C=O) groups excluding carboxylic acids is 1. The average Bonchev–Trinajstić information content (AvgIpc) is 2.96. The first-order chi connectivity index (χ1) is 11.2. The van der Waals surface area contributed by atoms with E-state index in [9.17, 15) is 13.2 Å². The molecule has 130 valence electrons. The standard InChI is InChI=1S/C13H16ClN5O3S2/c1-4-5-24(21,22)13-15-6-8(14)9(16-13)10(20)17-12-19-18-11(23-12)7(2)3/h6-7H,4-5H2,1-3H3,(H,17,19,20). The Morgan fingerprint density at radius 2 is 2.08 bits per heavy atom. The SMILES string of the molecule is CCCS(=O)(=O)c1ncc(Cl)c(C(=O)Nc2nnc(C(C)C)s2)n1. The normalized spacial score (nSPS) is 11.7. The number of halogens is 1. The van der Waals surface area contributed by atoms with Crippen LogP contribution in [0.4, 0.5) is 5.13 Å². The monoisotopic (exact) mass is 389 g/mol. The van der Waals surface area contributed by atoms with Crippen molar-refractivity contribution in [3.63, 3.8) is 0 Å². The molecule has 2 rings (SSSR count). The summed E-state index contributed by atoms with van der Waals surface area (Å²) < 4.78 is 24.1. The summed E-state index contributed by atoms with van der Waals surface area (Å²) in [6.07, 6.45) is 1.52. The second-order valence-electron chi connectivity index (χ2n) is 5.22. The Kier molecular flexibility index (Phi) is 5.83. The fourth-order valence-corrected chi connectivity index (χ4v) is 3.78. The first-order valence-electron chi connectivity index (χ1n) is 7.14. The molecule has 0 aliphatic rings. The van der Waals surface area contributed by atoms with Gasteiger partial charge in [-0.05, 0) is 6.42 Å². The summed E-state index contributed by atoms with van der Waals surface area (Å²) in [4.78, 5) is 19.8. The van der Waals surface area contributed by atoms with Crippen LogP contribution >= 0.6 is 22.9 Å². The Balaban J connectivity index is 2.28. The van der Waals surface area contributed by atoms with Crippen molar-refractivity contribution in [2.75, 3.05) is 11.1 Å². The fourth-order valence-electron chi connectivity index (χ4n) is 1.69. The summed E-state index contributed by atoms with van der Waals surface area (Å²) >= 11 is 7.16. The molecule has 0 radical (unpaired) electrons. The molecule has 1 N–H and O–H groups in total. The predicted octanol–water partition coefficient (Wildman–Crippen LogP) is 2.54. The van der Waals surface area contributed by atoms with E-state index in [0.29, 0.717) is 6.42 Å². The van der Waals surface area contributed by atoms with Gasteiger partial charge in [0.2, 0.25) is 20.1 Å². The predicted molar refractivity (Wildman–Crippen MR) is 91.3 cm³/mol. The number of aromatic nitrogens is 4. The van der Waals surface area contributed by atoms with Gasteiger partial charge in [-0.1, -0.05) is 43.7 Å². The lowest BCUT2D eigenvalue weighted by atomic mass is 10.2. The first-order valence-corrected chi connectivity index (χ1v) is 9.99. The molecule has 0 unspecified atom stereocenters. The smallest absolute Gasteiger partial charge is 0.277 e. The molecule has 2 heterocycles. The molecule has 2 aromatic rings. The summed E-state index contributed by atoms with van der Waals surface area (Å²) in [5.41, 5.74) is -0.220. The van der Waals surface area contributed by atoms with Gasteiger partial charge < -0.3 is 0 Å². The first kappa shape index (κ1) is 18.7.